The molecule has 0 unspecified atom stereocenters. The molecule has 0 N–H and O–H groups in total. The summed E-state index contributed by atoms with van der Waals surface area (Å²) in [5.74, 6) is 0. The van der Waals surface area contributed by atoms with Gasteiger partial charge in [-0.1, -0.05) is 31.4 Å². The Labute approximate surface area is 143 Å². The summed E-state index contributed by atoms with van der Waals surface area (Å²) in [5, 5.41) is 4.33. The molecule has 2 heterocycles. The van der Waals surface area contributed by atoms with Crippen LogP contribution in [0.15, 0.2) is 34.7 Å². The summed E-state index contributed by atoms with van der Waals surface area (Å²) >= 11 is 7.60. The molecule has 1 aromatic carbocycles. The van der Waals surface area contributed by atoms with Crippen molar-refractivity contribution in [2.75, 3.05) is 0 Å². The number of aryl methyl sites for hydroxylation is 1. The fraction of sp³-hybridized carbons (Fsp3) is 0.353. The quantitative estimate of drug-likeness (QED) is 0.625. The van der Waals surface area contributed by atoms with E-state index in [4.69, 9.17) is 11.6 Å². The number of halogens is 1. The van der Waals surface area contributed by atoms with Crippen LogP contribution in [0.1, 0.15) is 36.9 Å². The summed E-state index contributed by atoms with van der Waals surface area (Å²) in [6.45, 7) is 2.65. The second-order valence-corrected chi connectivity index (χ2v) is 6.91. The van der Waals surface area contributed by atoms with Gasteiger partial charge in [0.2, 0.25) is 0 Å². The molecule has 4 nitrogen and oxygen atoms in total. The van der Waals surface area contributed by atoms with Crippen LogP contribution in [0.25, 0.3) is 10.9 Å². The van der Waals surface area contributed by atoms with Gasteiger partial charge in [0.05, 0.1) is 34.5 Å². The second kappa shape index (κ2) is 7.23. The largest absolute Gasteiger partial charge is 0.293 e. The Hall–Kier alpha value is -1.72. The van der Waals surface area contributed by atoms with Crippen LogP contribution in [0.2, 0.25) is 5.02 Å². The lowest BCUT2D eigenvalue weighted by atomic mass is 10.2. The highest BCUT2D eigenvalue weighted by Crippen LogP contribution is 2.16. The van der Waals surface area contributed by atoms with Gasteiger partial charge >= 0.3 is 0 Å². The van der Waals surface area contributed by atoms with Crippen LogP contribution in [0.4, 0.5) is 0 Å². The van der Waals surface area contributed by atoms with Gasteiger partial charge in [-0.3, -0.25) is 9.36 Å². The van der Waals surface area contributed by atoms with E-state index in [1.165, 1.54) is 19.3 Å². The van der Waals surface area contributed by atoms with Gasteiger partial charge in [-0.2, -0.15) is 0 Å². The molecule has 6 heteroatoms. The SMILES string of the molecule is CCCCCc1nc(Cn2cnc3cc(Cl)ccc3c2=O)cs1. The molecule has 23 heavy (non-hydrogen) atoms. The van der Waals surface area contributed by atoms with Crippen molar-refractivity contribution >= 4 is 33.8 Å². The molecule has 2 aromatic heterocycles. The lowest BCUT2D eigenvalue weighted by molar-refractivity contribution is 0.703. The van der Waals surface area contributed by atoms with Crippen LogP contribution in [-0.4, -0.2) is 14.5 Å². The van der Waals surface area contributed by atoms with Gasteiger partial charge in [-0.05, 0) is 31.0 Å². The van der Waals surface area contributed by atoms with Crippen LogP contribution in [0.5, 0.6) is 0 Å². The maximum atomic E-state index is 12.5. The van der Waals surface area contributed by atoms with Crippen LogP contribution < -0.4 is 5.56 Å². The van der Waals surface area contributed by atoms with E-state index in [1.807, 2.05) is 5.38 Å². The van der Waals surface area contributed by atoms with E-state index in [2.05, 4.69) is 16.9 Å². The number of hydrogen-bond donors (Lipinski definition) is 0. The fourth-order valence-corrected chi connectivity index (χ4v) is 3.48. The minimum atomic E-state index is -0.0628. The smallest absolute Gasteiger partial charge is 0.261 e. The molecule has 0 atom stereocenters. The average molecular weight is 348 g/mol. The topological polar surface area (TPSA) is 47.8 Å². The van der Waals surface area contributed by atoms with Crippen LogP contribution >= 0.6 is 22.9 Å². The predicted octanol–water partition coefficient (Wildman–Crippen LogP) is 4.29. The molecule has 0 fully saturated rings. The molecule has 3 aromatic rings. The van der Waals surface area contributed by atoms with Crippen molar-refractivity contribution in [1.29, 1.82) is 0 Å². The number of nitrogens with zero attached hydrogens (tertiary/aromatic N) is 3. The number of fused-ring (bicyclic) bond motifs is 1. The Bertz CT molecular complexity index is 872. The number of hydrogen-bond acceptors (Lipinski definition) is 4. The van der Waals surface area contributed by atoms with Crippen molar-refractivity contribution < 1.29 is 0 Å². The van der Waals surface area contributed by atoms with Gasteiger partial charge in [0.25, 0.3) is 5.56 Å². The van der Waals surface area contributed by atoms with E-state index < -0.39 is 0 Å². The first-order chi connectivity index (χ1) is 11.2. The van der Waals surface area contributed by atoms with Crippen molar-refractivity contribution in [1.82, 2.24) is 14.5 Å². The first-order valence-electron chi connectivity index (χ1n) is 7.75. The Morgan fingerprint density at radius 1 is 1.30 bits per heavy atom. The van der Waals surface area contributed by atoms with Gasteiger partial charge in [-0.15, -0.1) is 11.3 Å². The Morgan fingerprint density at radius 3 is 3.00 bits per heavy atom. The summed E-state index contributed by atoms with van der Waals surface area (Å²) in [4.78, 5) is 21.5. The lowest BCUT2D eigenvalue weighted by Crippen LogP contribution is -2.21. The van der Waals surface area contributed by atoms with Crippen molar-refractivity contribution in [3.05, 3.63) is 56.0 Å². The maximum absolute atomic E-state index is 12.5. The van der Waals surface area contributed by atoms with E-state index in [1.54, 1.807) is 40.4 Å². The minimum Gasteiger partial charge on any atom is -0.293 e. The maximum Gasteiger partial charge on any atom is 0.261 e. The summed E-state index contributed by atoms with van der Waals surface area (Å²) in [5.41, 5.74) is 1.48. The third-order valence-corrected chi connectivity index (χ3v) is 4.91. The third kappa shape index (κ3) is 3.79. The molecule has 3 rings (SSSR count). The van der Waals surface area contributed by atoms with Crippen LogP contribution in [0, 0.1) is 0 Å². The monoisotopic (exact) mass is 347 g/mol. The van der Waals surface area contributed by atoms with Gasteiger partial charge in [-0.25, -0.2) is 9.97 Å². The summed E-state index contributed by atoms with van der Waals surface area (Å²) in [6, 6.07) is 5.14. The molecule has 0 aliphatic heterocycles. The molecule has 0 saturated carbocycles. The molecular weight excluding hydrogens is 330 g/mol. The van der Waals surface area contributed by atoms with E-state index in [0.717, 1.165) is 17.1 Å². The molecule has 0 aliphatic carbocycles. The van der Waals surface area contributed by atoms with Crippen molar-refractivity contribution in [3.63, 3.8) is 0 Å². The third-order valence-electron chi connectivity index (χ3n) is 3.71. The van der Waals surface area contributed by atoms with E-state index in [0.29, 0.717) is 22.5 Å². The Kier molecular flexibility index (Phi) is 5.08. The molecule has 0 spiro atoms. The van der Waals surface area contributed by atoms with Crippen molar-refractivity contribution in [2.45, 2.75) is 39.2 Å². The summed E-state index contributed by atoms with van der Waals surface area (Å²) < 4.78 is 1.60. The molecule has 0 radical (unpaired) electrons. The molecular formula is C17H18ClN3OS. The number of unbranched alkanes of at least 4 members (excludes halogenated alkanes) is 2. The van der Waals surface area contributed by atoms with Crippen molar-refractivity contribution in [2.24, 2.45) is 0 Å². The predicted molar refractivity (Wildman–Crippen MR) is 95.5 cm³/mol. The summed E-state index contributed by atoms with van der Waals surface area (Å²) in [6.07, 6.45) is 6.19. The van der Waals surface area contributed by atoms with Crippen LogP contribution in [0.3, 0.4) is 0 Å². The van der Waals surface area contributed by atoms with Gasteiger partial charge in [0.1, 0.15) is 0 Å². The van der Waals surface area contributed by atoms with Gasteiger partial charge in [0, 0.05) is 10.4 Å². The van der Waals surface area contributed by atoms with E-state index >= 15 is 0 Å². The zero-order valence-corrected chi connectivity index (χ0v) is 14.5. The number of benzene rings is 1. The van der Waals surface area contributed by atoms with E-state index in [-0.39, 0.29) is 5.56 Å². The second-order valence-electron chi connectivity index (χ2n) is 5.53. The highest BCUT2D eigenvalue weighted by Gasteiger charge is 2.08. The van der Waals surface area contributed by atoms with Gasteiger partial charge in [0.15, 0.2) is 0 Å². The van der Waals surface area contributed by atoms with Gasteiger partial charge < -0.3 is 0 Å². The number of rotatable bonds is 6. The molecule has 120 valence electrons. The molecule has 0 aliphatic rings. The highest BCUT2D eigenvalue weighted by atomic mass is 35.5. The zero-order valence-electron chi connectivity index (χ0n) is 13.0. The first-order valence-corrected chi connectivity index (χ1v) is 9.01. The normalized spacial score (nSPS) is 11.2. The molecule has 0 saturated heterocycles. The average Bonchev–Trinajstić information content (AvgIpc) is 2.98. The first kappa shape index (κ1) is 16.1. The standard InChI is InChI=1S/C17H18ClN3OS/c1-2-3-4-5-16-20-13(10-23-16)9-21-11-19-15-8-12(18)6-7-14(15)17(21)22/h6-8,10-11H,2-5,9H2,1H3. The summed E-state index contributed by atoms with van der Waals surface area (Å²) in [7, 11) is 0. The minimum absolute atomic E-state index is 0.0628. The number of thiazole rings is 1. The zero-order chi connectivity index (χ0) is 16.2. The van der Waals surface area contributed by atoms with Crippen molar-refractivity contribution in [3.8, 4) is 0 Å². The number of aromatic nitrogens is 3. The highest BCUT2D eigenvalue weighted by molar-refractivity contribution is 7.09. The lowest BCUT2D eigenvalue weighted by Gasteiger charge is -2.05. The van der Waals surface area contributed by atoms with E-state index in [9.17, 15) is 4.79 Å². The molecule has 0 bridgehead atoms. The Balaban J connectivity index is 1.80. The fourth-order valence-electron chi connectivity index (χ4n) is 2.48. The Morgan fingerprint density at radius 2 is 2.17 bits per heavy atom. The van der Waals surface area contributed by atoms with Crippen LogP contribution in [-0.2, 0) is 13.0 Å². The molecule has 0 amide bonds.